The third-order valence-corrected chi connectivity index (χ3v) is 3.68. The molecular formula is C12H19N5. The smallest absolute Gasteiger partial charge is 0.134 e. The first-order valence-corrected chi connectivity index (χ1v) is 6.36. The fraction of sp³-hybridized carbons (Fsp3) is 0.667. The second-order valence-electron chi connectivity index (χ2n) is 4.82. The summed E-state index contributed by atoms with van der Waals surface area (Å²) in [4.78, 5) is 13.4. The SMILES string of the molecule is CNC1CN(c2cc(N3CCCC3)ncn2)C1. The van der Waals surface area contributed by atoms with E-state index in [0.29, 0.717) is 6.04 Å². The number of aromatic nitrogens is 2. The molecule has 3 rings (SSSR count). The molecule has 2 aliphatic rings. The third-order valence-electron chi connectivity index (χ3n) is 3.68. The van der Waals surface area contributed by atoms with Crippen molar-refractivity contribution in [2.45, 2.75) is 18.9 Å². The van der Waals surface area contributed by atoms with Gasteiger partial charge in [-0.05, 0) is 19.9 Å². The molecule has 0 radical (unpaired) electrons. The van der Waals surface area contributed by atoms with Crippen LogP contribution in [0.1, 0.15) is 12.8 Å². The Morgan fingerprint density at radius 3 is 2.41 bits per heavy atom. The molecule has 1 N–H and O–H groups in total. The first-order chi connectivity index (χ1) is 8.36. The molecule has 1 aromatic rings. The summed E-state index contributed by atoms with van der Waals surface area (Å²) in [7, 11) is 2.01. The summed E-state index contributed by atoms with van der Waals surface area (Å²) in [6.45, 7) is 4.37. The van der Waals surface area contributed by atoms with Crippen LogP contribution in [-0.4, -0.2) is 49.2 Å². The van der Waals surface area contributed by atoms with E-state index in [9.17, 15) is 0 Å². The number of hydrogen-bond acceptors (Lipinski definition) is 5. The summed E-state index contributed by atoms with van der Waals surface area (Å²) >= 11 is 0. The first kappa shape index (κ1) is 10.8. The summed E-state index contributed by atoms with van der Waals surface area (Å²) < 4.78 is 0. The van der Waals surface area contributed by atoms with Crippen LogP contribution < -0.4 is 15.1 Å². The van der Waals surface area contributed by atoms with Gasteiger partial charge in [0.1, 0.15) is 18.0 Å². The van der Waals surface area contributed by atoms with Crippen molar-refractivity contribution in [3.05, 3.63) is 12.4 Å². The first-order valence-electron chi connectivity index (χ1n) is 6.36. The minimum Gasteiger partial charge on any atom is -0.356 e. The molecule has 2 saturated heterocycles. The Balaban J connectivity index is 1.71. The second-order valence-corrected chi connectivity index (χ2v) is 4.82. The average Bonchev–Trinajstić information content (AvgIpc) is 2.81. The predicted molar refractivity (Wildman–Crippen MR) is 68.5 cm³/mol. The monoisotopic (exact) mass is 233 g/mol. The molecule has 0 bridgehead atoms. The van der Waals surface area contributed by atoms with E-state index >= 15 is 0 Å². The van der Waals surface area contributed by atoms with Gasteiger partial charge in [0.25, 0.3) is 0 Å². The highest BCUT2D eigenvalue weighted by atomic mass is 15.3. The van der Waals surface area contributed by atoms with E-state index in [1.54, 1.807) is 6.33 Å². The number of rotatable bonds is 3. The molecular weight excluding hydrogens is 214 g/mol. The van der Waals surface area contributed by atoms with Crippen molar-refractivity contribution in [3.63, 3.8) is 0 Å². The van der Waals surface area contributed by atoms with Crippen molar-refractivity contribution in [3.8, 4) is 0 Å². The quantitative estimate of drug-likeness (QED) is 0.823. The van der Waals surface area contributed by atoms with Gasteiger partial charge in [0, 0.05) is 38.3 Å². The lowest BCUT2D eigenvalue weighted by atomic mass is 10.1. The summed E-state index contributed by atoms with van der Waals surface area (Å²) in [5.74, 6) is 2.15. The van der Waals surface area contributed by atoms with Gasteiger partial charge in [-0.3, -0.25) is 0 Å². The molecule has 0 saturated carbocycles. The standard InChI is InChI=1S/C12H19N5/c1-13-10-7-17(8-10)12-6-11(14-9-15-12)16-4-2-3-5-16/h6,9-10,13H,2-5,7-8H2,1H3. The van der Waals surface area contributed by atoms with Crippen LogP contribution in [0, 0.1) is 0 Å². The Labute approximate surface area is 102 Å². The van der Waals surface area contributed by atoms with Gasteiger partial charge < -0.3 is 15.1 Å². The van der Waals surface area contributed by atoms with Crippen LogP contribution in [0.25, 0.3) is 0 Å². The number of nitrogens with one attached hydrogen (secondary N) is 1. The number of anilines is 2. The van der Waals surface area contributed by atoms with Crippen molar-refractivity contribution >= 4 is 11.6 Å². The van der Waals surface area contributed by atoms with Gasteiger partial charge >= 0.3 is 0 Å². The topological polar surface area (TPSA) is 44.3 Å². The van der Waals surface area contributed by atoms with Crippen molar-refractivity contribution < 1.29 is 0 Å². The Morgan fingerprint density at radius 2 is 1.76 bits per heavy atom. The Hall–Kier alpha value is -1.36. The lowest BCUT2D eigenvalue weighted by Crippen LogP contribution is -2.57. The number of likely N-dealkylation sites (N-methyl/N-ethyl adjacent to an activating group) is 1. The highest BCUT2D eigenvalue weighted by Gasteiger charge is 2.26. The van der Waals surface area contributed by atoms with Crippen LogP contribution in [0.4, 0.5) is 11.6 Å². The van der Waals surface area contributed by atoms with Gasteiger partial charge in [0.2, 0.25) is 0 Å². The van der Waals surface area contributed by atoms with Gasteiger partial charge in [-0.1, -0.05) is 0 Å². The molecule has 2 fully saturated rings. The number of nitrogens with zero attached hydrogens (tertiary/aromatic N) is 4. The summed E-state index contributed by atoms with van der Waals surface area (Å²) in [6, 6.07) is 2.73. The molecule has 5 heteroatoms. The maximum Gasteiger partial charge on any atom is 0.134 e. The molecule has 0 unspecified atom stereocenters. The van der Waals surface area contributed by atoms with Crippen LogP contribution >= 0.6 is 0 Å². The average molecular weight is 233 g/mol. The molecule has 2 aliphatic heterocycles. The zero-order valence-electron chi connectivity index (χ0n) is 10.3. The van der Waals surface area contributed by atoms with E-state index in [-0.39, 0.29) is 0 Å². The van der Waals surface area contributed by atoms with Crippen molar-refractivity contribution in [2.24, 2.45) is 0 Å². The van der Waals surface area contributed by atoms with Crippen LogP contribution in [0.3, 0.4) is 0 Å². The van der Waals surface area contributed by atoms with E-state index in [1.807, 2.05) is 7.05 Å². The van der Waals surface area contributed by atoms with Crippen LogP contribution in [0.15, 0.2) is 12.4 Å². The van der Waals surface area contributed by atoms with E-state index in [2.05, 4.69) is 31.2 Å². The lowest BCUT2D eigenvalue weighted by Gasteiger charge is -2.40. The largest absolute Gasteiger partial charge is 0.356 e. The fourth-order valence-corrected chi connectivity index (χ4v) is 2.48. The third kappa shape index (κ3) is 2.07. The molecule has 3 heterocycles. The second kappa shape index (κ2) is 4.49. The summed E-state index contributed by atoms with van der Waals surface area (Å²) in [5.41, 5.74) is 0. The van der Waals surface area contributed by atoms with Crippen LogP contribution in [0.5, 0.6) is 0 Å². The molecule has 17 heavy (non-hydrogen) atoms. The molecule has 0 aliphatic carbocycles. The fourth-order valence-electron chi connectivity index (χ4n) is 2.48. The van der Waals surface area contributed by atoms with E-state index in [4.69, 9.17) is 0 Å². The maximum absolute atomic E-state index is 4.37. The van der Waals surface area contributed by atoms with E-state index < -0.39 is 0 Å². The highest BCUT2D eigenvalue weighted by Crippen LogP contribution is 2.23. The summed E-state index contributed by atoms with van der Waals surface area (Å²) in [5, 5.41) is 3.28. The highest BCUT2D eigenvalue weighted by molar-refractivity contribution is 5.52. The molecule has 0 spiro atoms. The lowest BCUT2D eigenvalue weighted by molar-refractivity contribution is 0.447. The van der Waals surface area contributed by atoms with E-state index in [0.717, 1.165) is 37.8 Å². The molecule has 0 amide bonds. The number of hydrogen-bond donors (Lipinski definition) is 1. The van der Waals surface area contributed by atoms with E-state index in [1.165, 1.54) is 12.8 Å². The van der Waals surface area contributed by atoms with Gasteiger partial charge in [-0.2, -0.15) is 0 Å². The van der Waals surface area contributed by atoms with Crippen molar-refractivity contribution in [1.82, 2.24) is 15.3 Å². The van der Waals surface area contributed by atoms with Crippen LogP contribution in [0.2, 0.25) is 0 Å². The zero-order chi connectivity index (χ0) is 11.7. The van der Waals surface area contributed by atoms with Crippen LogP contribution in [-0.2, 0) is 0 Å². The molecule has 0 atom stereocenters. The van der Waals surface area contributed by atoms with Gasteiger partial charge in [-0.25, -0.2) is 9.97 Å². The zero-order valence-corrected chi connectivity index (χ0v) is 10.3. The molecule has 5 nitrogen and oxygen atoms in total. The normalized spacial score (nSPS) is 20.8. The van der Waals surface area contributed by atoms with Gasteiger partial charge in [-0.15, -0.1) is 0 Å². The van der Waals surface area contributed by atoms with Crippen molar-refractivity contribution in [1.29, 1.82) is 0 Å². The van der Waals surface area contributed by atoms with Gasteiger partial charge in [0.15, 0.2) is 0 Å². The van der Waals surface area contributed by atoms with Gasteiger partial charge in [0.05, 0.1) is 0 Å². The minimum absolute atomic E-state index is 0.611. The Bertz CT molecular complexity index is 382. The minimum atomic E-state index is 0.611. The Morgan fingerprint density at radius 1 is 1.12 bits per heavy atom. The Kier molecular flexibility index (Phi) is 2.84. The molecule has 92 valence electrons. The maximum atomic E-state index is 4.37. The predicted octanol–water partition coefficient (Wildman–Crippen LogP) is 0.485. The molecule has 0 aromatic carbocycles. The summed E-state index contributed by atoms with van der Waals surface area (Å²) in [6.07, 6.45) is 4.26. The van der Waals surface area contributed by atoms with Crippen molar-refractivity contribution in [2.75, 3.05) is 43.0 Å². The molecule has 1 aromatic heterocycles.